The lowest BCUT2D eigenvalue weighted by Gasteiger charge is -2.17. The van der Waals surface area contributed by atoms with Gasteiger partial charge in [0.25, 0.3) is 0 Å². The molecule has 2 aromatic heterocycles. The maximum atomic E-state index is 5.77. The van der Waals surface area contributed by atoms with E-state index in [4.69, 9.17) is 4.74 Å². The first-order valence-electron chi connectivity index (χ1n) is 7.54. The molecule has 0 bridgehead atoms. The predicted molar refractivity (Wildman–Crippen MR) is 86.9 cm³/mol. The minimum absolute atomic E-state index is 0.667. The number of benzene rings is 1. The fourth-order valence-corrected chi connectivity index (χ4v) is 2.61. The van der Waals surface area contributed by atoms with E-state index < -0.39 is 0 Å². The molecule has 3 aromatic rings. The number of rotatable bonds is 6. The molecule has 1 aromatic carbocycles. The summed E-state index contributed by atoms with van der Waals surface area (Å²) in [6.07, 6.45) is 0. The third-order valence-corrected chi connectivity index (χ3v) is 3.89. The van der Waals surface area contributed by atoms with Gasteiger partial charge in [0, 0.05) is 28.9 Å². The van der Waals surface area contributed by atoms with Crippen molar-refractivity contribution in [3.63, 3.8) is 0 Å². The highest BCUT2D eigenvalue weighted by Gasteiger charge is 2.06. The number of ether oxygens (including phenoxy) is 1. The van der Waals surface area contributed by atoms with Crippen molar-refractivity contribution in [1.82, 2.24) is 14.9 Å². The van der Waals surface area contributed by atoms with Crippen molar-refractivity contribution in [2.75, 3.05) is 26.2 Å². The van der Waals surface area contributed by atoms with Crippen LogP contribution in [0.1, 0.15) is 13.8 Å². The minimum atomic E-state index is 0.667. The van der Waals surface area contributed by atoms with Gasteiger partial charge in [0.05, 0.1) is 0 Å². The summed E-state index contributed by atoms with van der Waals surface area (Å²) < 4.78 is 5.77. The Hall–Kier alpha value is -2.07. The van der Waals surface area contributed by atoms with Crippen LogP contribution >= 0.6 is 0 Å². The van der Waals surface area contributed by atoms with Crippen LogP contribution in [-0.2, 0) is 0 Å². The van der Waals surface area contributed by atoms with Gasteiger partial charge in [-0.15, -0.1) is 0 Å². The van der Waals surface area contributed by atoms with Crippen LogP contribution in [0.4, 0.5) is 0 Å². The van der Waals surface area contributed by atoms with E-state index in [0.29, 0.717) is 12.5 Å². The largest absolute Gasteiger partial charge is 0.476 e. The SMILES string of the molecule is CCN(CC)CCOc1ccc2c(n1)[nH]c1ccccc12. The van der Waals surface area contributed by atoms with Crippen molar-refractivity contribution in [2.24, 2.45) is 0 Å². The number of nitrogens with zero attached hydrogens (tertiary/aromatic N) is 2. The Kier molecular flexibility index (Phi) is 4.06. The number of H-pyrrole nitrogens is 1. The predicted octanol–water partition coefficient (Wildman–Crippen LogP) is 3.44. The molecule has 1 N–H and O–H groups in total. The minimum Gasteiger partial charge on any atom is -0.476 e. The molecule has 110 valence electrons. The zero-order chi connectivity index (χ0) is 14.7. The van der Waals surface area contributed by atoms with Crippen molar-refractivity contribution in [3.8, 4) is 5.88 Å². The second-order valence-corrected chi connectivity index (χ2v) is 5.09. The summed E-state index contributed by atoms with van der Waals surface area (Å²) in [5.41, 5.74) is 2.00. The maximum Gasteiger partial charge on any atom is 0.215 e. The van der Waals surface area contributed by atoms with E-state index in [0.717, 1.165) is 36.2 Å². The number of fused-ring (bicyclic) bond motifs is 3. The molecule has 0 atom stereocenters. The molecular formula is C17H21N3O. The van der Waals surface area contributed by atoms with E-state index in [9.17, 15) is 0 Å². The van der Waals surface area contributed by atoms with Crippen LogP contribution in [0.25, 0.3) is 21.9 Å². The Balaban J connectivity index is 1.77. The summed E-state index contributed by atoms with van der Waals surface area (Å²) >= 11 is 0. The molecule has 0 unspecified atom stereocenters. The Bertz CT molecular complexity index is 731. The average molecular weight is 283 g/mol. The van der Waals surface area contributed by atoms with Crippen molar-refractivity contribution in [1.29, 1.82) is 0 Å². The zero-order valence-corrected chi connectivity index (χ0v) is 12.6. The van der Waals surface area contributed by atoms with Crippen LogP contribution in [0.5, 0.6) is 5.88 Å². The third kappa shape index (κ3) is 2.85. The number of pyridine rings is 1. The molecule has 3 rings (SSSR count). The van der Waals surface area contributed by atoms with Crippen LogP contribution < -0.4 is 4.74 Å². The van der Waals surface area contributed by atoms with E-state index in [2.05, 4.69) is 46.9 Å². The van der Waals surface area contributed by atoms with Gasteiger partial charge in [-0.25, -0.2) is 0 Å². The number of aromatic amines is 1. The van der Waals surface area contributed by atoms with Crippen LogP contribution in [-0.4, -0.2) is 41.1 Å². The highest BCUT2D eigenvalue weighted by molar-refractivity contribution is 6.05. The van der Waals surface area contributed by atoms with Crippen LogP contribution in [0, 0.1) is 0 Å². The van der Waals surface area contributed by atoms with E-state index in [-0.39, 0.29) is 0 Å². The fraction of sp³-hybridized carbons (Fsp3) is 0.353. The highest BCUT2D eigenvalue weighted by Crippen LogP contribution is 2.25. The number of para-hydroxylation sites is 1. The first-order chi connectivity index (χ1) is 10.3. The quantitative estimate of drug-likeness (QED) is 0.753. The average Bonchev–Trinajstić information content (AvgIpc) is 2.89. The molecule has 0 saturated heterocycles. The van der Waals surface area contributed by atoms with E-state index in [1.165, 1.54) is 5.39 Å². The van der Waals surface area contributed by atoms with Crippen LogP contribution in [0.3, 0.4) is 0 Å². The highest BCUT2D eigenvalue weighted by atomic mass is 16.5. The Morgan fingerprint density at radius 2 is 1.86 bits per heavy atom. The van der Waals surface area contributed by atoms with Crippen molar-refractivity contribution in [3.05, 3.63) is 36.4 Å². The third-order valence-electron chi connectivity index (χ3n) is 3.89. The monoisotopic (exact) mass is 283 g/mol. The molecule has 4 heteroatoms. The lowest BCUT2D eigenvalue weighted by molar-refractivity contribution is 0.218. The molecule has 0 saturated carbocycles. The second kappa shape index (κ2) is 6.14. The van der Waals surface area contributed by atoms with Gasteiger partial charge >= 0.3 is 0 Å². The fourth-order valence-electron chi connectivity index (χ4n) is 2.61. The summed E-state index contributed by atoms with van der Waals surface area (Å²) in [5, 5.41) is 2.34. The second-order valence-electron chi connectivity index (χ2n) is 5.09. The van der Waals surface area contributed by atoms with Crippen molar-refractivity contribution >= 4 is 21.9 Å². The van der Waals surface area contributed by atoms with E-state index in [1.807, 2.05) is 18.2 Å². The van der Waals surface area contributed by atoms with Crippen molar-refractivity contribution in [2.45, 2.75) is 13.8 Å². The molecular weight excluding hydrogens is 262 g/mol. The molecule has 4 nitrogen and oxygen atoms in total. The standard InChI is InChI=1S/C17H21N3O/c1-3-20(4-2)11-12-21-16-10-9-14-13-7-5-6-8-15(13)18-17(14)19-16/h5-10H,3-4,11-12H2,1-2H3,(H,18,19). The lowest BCUT2D eigenvalue weighted by atomic mass is 10.2. The first kappa shape index (κ1) is 13.9. The van der Waals surface area contributed by atoms with Crippen LogP contribution in [0.2, 0.25) is 0 Å². The van der Waals surface area contributed by atoms with Crippen molar-refractivity contribution < 1.29 is 4.74 Å². The lowest BCUT2D eigenvalue weighted by Crippen LogP contribution is -2.28. The summed E-state index contributed by atoms with van der Waals surface area (Å²) in [7, 11) is 0. The summed E-state index contributed by atoms with van der Waals surface area (Å²) in [6, 6.07) is 12.3. The molecule has 0 aliphatic heterocycles. The van der Waals surface area contributed by atoms with Gasteiger partial charge in [-0.3, -0.25) is 0 Å². The molecule has 0 amide bonds. The topological polar surface area (TPSA) is 41.1 Å². The molecule has 0 fully saturated rings. The Morgan fingerprint density at radius 1 is 1.05 bits per heavy atom. The summed E-state index contributed by atoms with van der Waals surface area (Å²) in [6.45, 7) is 8.03. The van der Waals surface area contributed by atoms with Gasteiger partial charge < -0.3 is 14.6 Å². The van der Waals surface area contributed by atoms with E-state index in [1.54, 1.807) is 0 Å². The molecule has 2 heterocycles. The number of likely N-dealkylation sites (N-methyl/N-ethyl adjacent to an activating group) is 1. The number of hydrogen-bond donors (Lipinski definition) is 1. The summed E-state index contributed by atoms with van der Waals surface area (Å²) in [5.74, 6) is 0.682. The Morgan fingerprint density at radius 3 is 2.67 bits per heavy atom. The summed E-state index contributed by atoms with van der Waals surface area (Å²) in [4.78, 5) is 10.2. The number of hydrogen-bond acceptors (Lipinski definition) is 3. The molecule has 0 spiro atoms. The van der Waals surface area contributed by atoms with Gasteiger partial charge in [0.1, 0.15) is 12.3 Å². The van der Waals surface area contributed by atoms with Gasteiger partial charge in [0.2, 0.25) is 5.88 Å². The number of nitrogens with one attached hydrogen (secondary N) is 1. The zero-order valence-electron chi connectivity index (χ0n) is 12.6. The van der Waals surface area contributed by atoms with Gasteiger partial charge in [0.15, 0.2) is 0 Å². The molecule has 21 heavy (non-hydrogen) atoms. The maximum absolute atomic E-state index is 5.77. The van der Waals surface area contributed by atoms with Gasteiger partial charge in [-0.1, -0.05) is 32.0 Å². The smallest absolute Gasteiger partial charge is 0.215 e. The van der Waals surface area contributed by atoms with E-state index >= 15 is 0 Å². The normalized spacial score (nSPS) is 11.6. The molecule has 0 aliphatic rings. The number of aromatic nitrogens is 2. The Labute approximate surface area is 124 Å². The van der Waals surface area contributed by atoms with Gasteiger partial charge in [-0.05, 0) is 25.2 Å². The molecule has 0 radical (unpaired) electrons. The first-order valence-corrected chi connectivity index (χ1v) is 7.54. The van der Waals surface area contributed by atoms with Gasteiger partial charge in [-0.2, -0.15) is 4.98 Å². The molecule has 0 aliphatic carbocycles. The van der Waals surface area contributed by atoms with Crippen LogP contribution in [0.15, 0.2) is 36.4 Å².